The molecule has 0 spiro atoms. The molecular formula is C43H50N6O8S. The van der Waals surface area contributed by atoms with E-state index in [9.17, 15) is 27.6 Å². The van der Waals surface area contributed by atoms with Gasteiger partial charge in [0.1, 0.15) is 0 Å². The van der Waals surface area contributed by atoms with Crippen molar-refractivity contribution in [3.63, 3.8) is 0 Å². The lowest BCUT2D eigenvalue weighted by Crippen LogP contribution is -2.43. The quantitative estimate of drug-likeness (QED) is 0.109. The summed E-state index contributed by atoms with van der Waals surface area (Å²) in [7, 11) is -4.00. The molecule has 0 atom stereocenters. The first-order chi connectivity index (χ1) is 28.0. The number of nitrogens with two attached hydrogens (primary N) is 2. The van der Waals surface area contributed by atoms with Crippen LogP contribution in [-0.2, 0) is 37.3 Å². The first kappa shape index (κ1) is 42.0. The number of anilines is 3. The second-order valence-corrected chi connectivity index (χ2v) is 16.6. The van der Waals surface area contributed by atoms with Crippen molar-refractivity contribution < 1.29 is 37.3 Å². The SMILES string of the molecule is CCN(C1CCC(C(=O)ON)CC1)S(=O)(=O)c1cccc(C(=O)Nc2ccc(N3CCCCC3)cc2C(=O)Nc2ccc(CCc3ccc(C(=O)ON)cc3)cc2)c1. The average molecular weight is 811 g/mol. The number of carbonyl (C=O) groups excluding carboxylic acids is 4. The number of hydrogen-bond donors (Lipinski definition) is 4. The molecule has 0 radical (unpaired) electrons. The molecule has 6 rings (SSSR count). The van der Waals surface area contributed by atoms with E-state index in [0.717, 1.165) is 62.0 Å². The van der Waals surface area contributed by atoms with Crippen molar-refractivity contribution in [2.24, 2.45) is 17.7 Å². The molecule has 4 aromatic rings. The largest absolute Gasteiger partial charge is 0.373 e. The highest BCUT2D eigenvalue weighted by atomic mass is 32.2. The lowest BCUT2D eigenvalue weighted by molar-refractivity contribution is -0.150. The average Bonchev–Trinajstić information content (AvgIpc) is 3.26. The molecule has 14 nitrogen and oxygen atoms in total. The fourth-order valence-corrected chi connectivity index (χ4v) is 9.48. The van der Waals surface area contributed by atoms with Crippen molar-refractivity contribution >= 4 is 50.8 Å². The van der Waals surface area contributed by atoms with Gasteiger partial charge in [-0.2, -0.15) is 16.1 Å². The maximum absolute atomic E-state index is 14.0. The third kappa shape index (κ3) is 10.1. The molecule has 4 aromatic carbocycles. The van der Waals surface area contributed by atoms with Crippen LogP contribution in [0.1, 0.15) is 94.1 Å². The van der Waals surface area contributed by atoms with E-state index < -0.39 is 33.8 Å². The predicted octanol–water partition coefficient (Wildman–Crippen LogP) is 5.98. The van der Waals surface area contributed by atoms with Crippen LogP contribution in [0.2, 0.25) is 0 Å². The van der Waals surface area contributed by atoms with Crippen LogP contribution in [0.5, 0.6) is 0 Å². The first-order valence-corrected chi connectivity index (χ1v) is 21.1. The Morgan fingerprint density at radius 1 is 0.741 bits per heavy atom. The van der Waals surface area contributed by atoms with E-state index >= 15 is 0 Å². The number of rotatable bonds is 14. The Balaban J connectivity index is 1.16. The summed E-state index contributed by atoms with van der Waals surface area (Å²) in [6, 6.07) is 25.5. The normalized spacial score (nSPS) is 17.0. The summed E-state index contributed by atoms with van der Waals surface area (Å²) >= 11 is 0. The van der Waals surface area contributed by atoms with Gasteiger partial charge < -0.3 is 25.2 Å². The van der Waals surface area contributed by atoms with Crippen LogP contribution < -0.4 is 27.3 Å². The number of carbonyl (C=O) groups is 4. The minimum absolute atomic E-state index is 0.0284. The van der Waals surface area contributed by atoms with Gasteiger partial charge in [-0.05, 0) is 130 Å². The van der Waals surface area contributed by atoms with Gasteiger partial charge in [0.2, 0.25) is 10.0 Å². The molecule has 0 unspecified atom stereocenters. The van der Waals surface area contributed by atoms with Gasteiger partial charge in [-0.3, -0.25) is 14.4 Å². The Morgan fingerprint density at radius 3 is 2.02 bits per heavy atom. The molecule has 2 aliphatic rings. The van der Waals surface area contributed by atoms with Crippen LogP contribution in [0.3, 0.4) is 0 Å². The van der Waals surface area contributed by atoms with Crippen LogP contribution in [0, 0.1) is 5.92 Å². The van der Waals surface area contributed by atoms with Gasteiger partial charge in [0.05, 0.1) is 27.6 Å². The molecule has 58 heavy (non-hydrogen) atoms. The third-order valence-corrected chi connectivity index (χ3v) is 13.0. The molecule has 1 heterocycles. The smallest absolute Gasteiger partial charge is 0.356 e. The van der Waals surface area contributed by atoms with Gasteiger partial charge in [0.25, 0.3) is 11.8 Å². The third-order valence-electron chi connectivity index (χ3n) is 11.0. The fourth-order valence-electron chi connectivity index (χ4n) is 7.74. The van der Waals surface area contributed by atoms with Crippen molar-refractivity contribution in [3.8, 4) is 0 Å². The zero-order valence-electron chi connectivity index (χ0n) is 32.5. The van der Waals surface area contributed by atoms with Crippen molar-refractivity contribution in [2.45, 2.75) is 75.6 Å². The molecule has 0 aromatic heterocycles. The number of hydrogen-bond acceptors (Lipinski definition) is 11. The van der Waals surface area contributed by atoms with Crippen LogP contribution in [0.15, 0.2) is 95.9 Å². The number of amides is 2. The standard InChI is InChI=1S/C43H50N6O8S/c1-2-49(35-21-17-32(18-22-35)43(53)57-45)58(54,55)37-8-6-7-33(27-37)40(50)47-39-24-23-36(48-25-4-3-5-26-48)28-38(39)41(51)46-34-19-13-30(14-20-34)10-9-29-11-15-31(16-12-29)42(52)56-44/h6-8,11-16,19-20,23-24,27-28,32,35H,2-5,9-10,17-18,21-22,25-26,44-45H2,1H3,(H,46,51)(H,47,50). The number of piperidine rings is 1. The monoisotopic (exact) mass is 810 g/mol. The molecular weight excluding hydrogens is 761 g/mol. The minimum atomic E-state index is -4.00. The van der Waals surface area contributed by atoms with Gasteiger partial charge >= 0.3 is 11.9 Å². The summed E-state index contributed by atoms with van der Waals surface area (Å²) in [5.41, 5.74) is 4.56. The molecule has 306 valence electrons. The molecule has 0 bridgehead atoms. The zero-order valence-corrected chi connectivity index (χ0v) is 33.3. The van der Waals surface area contributed by atoms with Crippen molar-refractivity contribution in [1.29, 1.82) is 0 Å². The zero-order chi connectivity index (χ0) is 41.2. The Bertz CT molecular complexity index is 2200. The van der Waals surface area contributed by atoms with E-state index in [1.807, 2.05) is 42.5 Å². The molecule has 2 fully saturated rings. The number of sulfonamides is 1. The first-order valence-electron chi connectivity index (χ1n) is 19.6. The molecule has 2 amide bonds. The maximum atomic E-state index is 14.0. The molecule has 6 N–H and O–H groups in total. The molecule has 1 aliphatic carbocycles. The molecule has 15 heteroatoms. The highest BCUT2D eigenvalue weighted by Crippen LogP contribution is 2.32. The van der Waals surface area contributed by atoms with Crippen molar-refractivity contribution in [2.75, 3.05) is 35.2 Å². The van der Waals surface area contributed by atoms with Crippen molar-refractivity contribution in [3.05, 3.63) is 119 Å². The lowest BCUT2D eigenvalue weighted by Gasteiger charge is -2.34. The second kappa shape index (κ2) is 19.2. The topological polar surface area (TPSA) is 203 Å². The fraction of sp³-hybridized carbons (Fsp3) is 0.349. The summed E-state index contributed by atoms with van der Waals surface area (Å²) in [5.74, 6) is 7.60. The highest BCUT2D eigenvalue weighted by Gasteiger charge is 2.36. The Morgan fingerprint density at radius 2 is 1.40 bits per heavy atom. The van der Waals surface area contributed by atoms with E-state index in [1.54, 1.807) is 31.2 Å². The van der Waals surface area contributed by atoms with Gasteiger partial charge in [-0.25, -0.2) is 13.2 Å². The number of aryl methyl sites for hydroxylation is 2. The summed E-state index contributed by atoms with van der Waals surface area (Å²) in [5, 5.41) is 5.85. The van der Waals surface area contributed by atoms with Crippen LogP contribution in [0.25, 0.3) is 0 Å². The maximum Gasteiger partial charge on any atom is 0.356 e. The minimum Gasteiger partial charge on any atom is -0.373 e. The highest BCUT2D eigenvalue weighted by molar-refractivity contribution is 7.89. The van der Waals surface area contributed by atoms with E-state index in [-0.39, 0.29) is 40.2 Å². The molecule has 1 aliphatic heterocycles. The van der Waals surface area contributed by atoms with E-state index in [2.05, 4.69) is 25.2 Å². The van der Waals surface area contributed by atoms with E-state index in [4.69, 9.17) is 11.8 Å². The van der Waals surface area contributed by atoms with Crippen LogP contribution in [-0.4, -0.2) is 62.2 Å². The Kier molecular flexibility index (Phi) is 13.9. The van der Waals surface area contributed by atoms with Gasteiger partial charge in [-0.15, -0.1) is 0 Å². The molecule has 1 saturated carbocycles. The number of nitrogens with one attached hydrogen (secondary N) is 2. The van der Waals surface area contributed by atoms with Crippen LogP contribution >= 0.6 is 0 Å². The summed E-state index contributed by atoms with van der Waals surface area (Å²) in [4.78, 5) is 62.2. The Labute approximate surface area is 338 Å². The second-order valence-electron chi connectivity index (χ2n) is 14.7. The van der Waals surface area contributed by atoms with Gasteiger partial charge in [-0.1, -0.05) is 37.3 Å². The summed E-state index contributed by atoms with van der Waals surface area (Å²) < 4.78 is 29.3. The van der Waals surface area contributed by atoms with E-state index in [1.165, 1.54) is 28.6 Å². The van der Waals surface area contributed by atoms with Crippen molar-refractivity contribution in [1.82, 2.24) is 4.31 Å². The summed E-state index contributed by atoms with van der Waals surface area (Å²) in [6.07, 6.45) is 6.56. The van der Waals surface area contributed by atoms with E-state index in [0.29, 0.717) is 36.9 Å². The number of benzene rings is 4. The summed E-state index contributed by atoms with van der Waals surface area (Å²) in [6.45, 7) is 3.69. The van der Waals surface area contributed by atoms with Crippen LogP contribution in [0.4, 0.5) is 17.1 Å². The lowest BCUT2D eigenvalue weighted by atomic mass is 9.86. The predicted molar refractivity (Wildman–Crippen MR) is 220 cm³/mol. The number of nitrogens with zero attached hydrogens (tertiary/aromatic N) is 2. The van der Waals surface area contributed by atoms with Gasteiger partial charge in [0.15, 0.2) is 0 Å². The molecule has 1 saturated heterocycles. The van der Waals surface area contributed by atoms with Gasteiger partial charge in [0, 0.05) is 42.6 Å². The Hall–Kier alpha value is -5.61.